The molecule has 1 N–H and O–H groups in total. The second-order valence-electron chi connectivity index (χ2n) is 4.87. The first-order valence-corrected chi connectivity index (χ1v) is 6.76. The van der Waals surface area contributed by atoms with Crippen LogP contribution in [0.3, 0.4) is 0 Å². The average molecular weight is 275 g/mol. The number of pyridine rings is 1. The van der Waals surface area contributed by atoms with Gasteiger partial charge in [-0.2, -0.15) is 0 Å². The minimum absolute atomic E-state index is 0.263. The zero-order valence-corrected chi connectivity index (χ0v) is 11.3. The number of anilines is 1. The van der Waals surface area contributed by atoms with Crippen LogP contribution in [0.25, 0.3) is 5.65 Å². The van der Waals surface area contributed by atoms with Crippen molar-refractivity contribution in [2.24, 2.45) is 0 Å². The molecular weight excluding hydrogens is 258 g/mol. The SMILES string of the molecule is CCOC(=O)c1cnc2cc(N3CC[C@H](O)C3)ccn12. The number of imidazole rings is 1. The molecule has 3 rings (SSSR count). The lowest BCUT2D eigenvalue weighted by Crippen LogP contribution is -2.21. The van der Waals surface area contributed by atoms with Gasteiger partial charge < -0.3 is 14.7 Å². The zero-order valence-electron chi connectivity index (χ0n) is 11.3. The fourth-order valence-electron chi connectivity index (χ4n) is 2.50. The van der Waals surface area contributed by atoms with Crippen LogP contribution < -0.4 is 4.90 Å². The number of β-amino-alcohol motifs (C(OH)–C–C–N with tert-alkyl or cyclic N) is 1. The molecule has 1 saturated heterocycles. The van der Waals surface area contributed by atoms with E-state index >= 15 is 0 Å². The molecule has 0 spiro atoms. The summed E-state index contributed by atoms with van der Waals surface area (Å²) in [6.45, 7) is 3.60. The van der Waals surface area contributed by atoms with E-state index in [1.165, 1.54) is 6.20 Å². The molecule has 0 radical (unpaired) electrons. The number of hydrogen-bond donors (Lipinski definition) is 1. The van der Waals surface area contributed by atoms with Gasteiger partial charge in [0.15, 0.2) is 5.69 Å². The van der Waals surface area contributed by atoms with Gasteiger partial charge in [0.25, 0.3) is 0 Å². The van der Waals surface area contributed by atoms with E-state index in [-0.39, 0.29) is 12.1 Å². The summed E-state index contributed by atoms with van der Waals surface area (Å²) in [5.74, 6) is -0.371. The number of nitrogens with zero attached hydrogens (tertiary/aromatic N) is 3. The number of carbonyl (C=O) groups excluding carboxylic acids is 1. The first-order chi connectivity index (χ1) is 9.69. The van der Waals surface area contributed by atoms with E-state index in [2.05, 4.69) is 9.88 Å². The van der Waals surface area contributed by atoms with Crippen molar-refractivity contribution in [3.05, 3.63) is 30.2 Å². The van der Waals surface area contributed by atoms with Gasteiger partial charge in [-0.1, -0.05) is 0 Å². The first kappa shape index (κ1) is 12.9. The topological polar surface area (TPSA) is 67.1 Å². The molecule has 2 aromatic heterocycles. The van der Waals surface area contributed by atoms with E-state index in [0.717, 1.165) is 18.7 Å². The van der Waals surface area contributed by atoms with Crippen LogP contribution in [-0.2, 0) is 4.74 Å². The van der Waals surface area contributed by atoms with Gasteiger partial charge in [0, 0.05) is 31.0 Å². The minimum atomic E-state index is -0.371. The third-order valence-electron chi connectivity index (χ3n) is 3.51. The third-order valence-corrected chi connectivity index (χ3v) is 3.51. The Morgan fingerprint density at radius 3 is 3.15 bits per heavy atom. The van der Waals surface area contributed by atoms with Gasteiger partial charge >= 0.3 is 5.97 Å². The molecule has 6 nitrogen and oxygen atoms in total. The monoisotopic (exact) mass is 275 g/mol. The summed E-state index contributed by atoms with van der Waals surface area (Å²) in [6.07, 6.45) is 3.86. The highest BCUT2D eigenvalue weighted by molar-refractivity contribution is 5.88. The number of aliphatic hydroxyl groups excluding tert-OH is 1. The van der Waals surface area contributed by atoms with E-state index in [1.54, 1.807) is 11.3 Å². The summed E-state index contributed by atoms with van der Waals surface area (Å²) < 4.78 is 6.71. The van der Waals surface area contributed by atoms with Crippen molar-refractivity contribution in [2.75, 3.05) is 24.6 Å². The van der Waals surface area contributed by atoms with Crippen molar-refractivity contribution in [1.29, 1.82) is 0 Å². The van der Waals surface area contributed by atoms with Crippen LogP contribution >= 0.6 is 0 Å². The first-order valence-electron chi connectivity index (χ1n) is 6.76. The molecule has 1 aliphatic heterocycles. The predicted octanol–water partition coefficient (Wildman–Crippen LogP) is 1.08. The second kappa shape index (κ2) is 5.13. The Morgan fingerprint density at radius 2 is 2.45 bits per heavy atom. The fourth-order valence-corrected chi connectivity index (χ4v) is 2.50. The molecule has 1 fully saturated rings. The van der Waals surface area contributed by atoms with Crippen LogP contribution in [0.1, 0.15) is 23.8 Å². The van der Waals surface area contributed by atoms with Crippen molar-refractivity contribution in [3.63, 3.8) is 0 Å². The average Bonchev–Trinajstić information content (AvgIpc) is 3.04. The summed E-state index contributed by atoms with van der Waals surface area (Å²) in [5, 5.41) is 9.59. The molecule has 0 unspecified atom stereocenters. The number of aliphatic hydroxyl groups is 1. The molecule has 0 saturated carbocycles. The molecule has 20 heavy (non-hydrogen) atoms. The van der Waals surface area contributed by atoms with E-state index in [1.807, 2.05) is 18.3 Å². The van der Waals surface area contributed by atoms with Crippen molar-refractivity contribution in [3.8, 4) is 0 Å². The van der Waals surface area contributed by atoms with Crippen molar-refractivity contribution in [1.82, 2.24) is 9.38 Å². The van der Waals surface area contributed by atoms with Crippen molar-refractivity contribution < 1.29 is 14.6 Å². The van der Waals surface area contributed by atoms with E-state index in [9.17, 15) is 9.90 Å². The quantitative estimate of drug-likeness (QED) is 0.849. The van der Waals surface area contributed by atoms with Crippen LogP contribution in [0.15, 0.2) is 24.5 Å². The Hall–Kier alpha value is -2.08. The van der Waals surface area contributed by atoms with Crippen LogP contribution in [0.2, 0.25) is 0 Å². The summed E-state index contributed by atoms with van der Waals surface area (Å²) in [6, 6.07) is 3.84. The fraction of sp³-hybridized carbons (Fsp3) is 0.429. The van der Waals surface area contributed by atoms with Gasteiger partial charge in [-0.25, -0.2) is 9.78 Å². The number of esters is 1. The molecular formula is C14H17N3O3. The maximum Gasteiger partial charge on any atom is 0.356 e. The summed E-state index contributed by atoms with van der Waals surface area (Å²) in [7, 11) is 0. The highest BCUT2D eigenvalue weighted by Gasteiger charge is 2.21. The summed E-state index contributed by atoms with van der Waals surface area (Å²) >= 11 is 0. The molecule has 0 bridgehead atoms. The Labute approximate surface area is 116 Å². The van der Waals surface area contributed by atoms with E-state index in [0.29, 0.717) is 24.5 Å². The molecule has 1 aliphatic rings. The standard InChI is InChI=1S/C14H17N3O3/c1-2-20-14(19)12-8-15-13-7-10(3-6-17(12)13)16-5-4-11(18)9-16/h3,6-8,11,18H,2,4-5,9H2,1H3/t11-/m0/s1. The van der Waals surface area contributed by atoms with Gasteiger partial charge in [0.1, 0.15) is 5.65 Å². The summed E-state index contributed by atoms with van der Waals surface area (Å²) in [4.78, 5) is 18.1. The lowest BCUT2D eigenvalue weighted by molar-refractivity contribution is 0.0518. The van der Waals surface area contributed by atoms with Gasteiger partial charge in [-0.05, 0) is 19.4 Å². The highest BCUT2D eigenvalue weighted by Crippen LogP contribution is 2.22. The smallest absolute Gasteiger partial charge is 0.356 e. The highest BCUT2D eigenvalue weighted by atomic mass is 16.5. The Kier molecular flexibility index (Phi) is 3.31. The zero-order chi connectivity index (χ0) is 14.1. The van der Waals surface area contributed by atoms with Crippen LogP contribution in [0.5, 0.6) is 0 Å². The van der Waals surface area contributed by atoms with Gasteiger partial charge in [0.05, 0.1) is 18.9 Å². The Morgan fingerprint density at radius 1 is 1.60 bits per heavy atom. The second-order valence-corrected chi connectivity index (χ2v) is 4.87. The van der Waals surface area contributed by atoms with E-state index in [4.69, 9.17) is 4.74 Å². The maximum atomic E-state index is 11.8. The molecule has 0 amide bonds. The third kappa shape index (κ3) is 2.22. The Bertz CT molecular complexity index is 638. The minimum Gasteiger partial charge on any atom is -0.461 e. The largest absolute Gasteiger partial charge is 0.461 e. The molecule has 0 aromatic carbocycles. The van der Waals surface area contributed by atoms with Gasteiger partial charge in [-0.15, -0.1) is 0 Å². The maximum absolute atomic E-state index is 11.8. The Balaban J connectivity index is 1.91. The van der Waals surface area contributed by atoms with Crippen molar-refractivity contribution in [2.45, 2.75) is 19.4 Å². The lowest BCUT2D eigenvalue weighted by atomic mass is 10.3. The number of aromatic nitrogens is 2. The van der Waals surface area contributed by atoms with E-state index < -0.39 is 0 Å². The van der Waals surface area contributed by atoms with Gasteiger partial charge in [0.2, 0.25) is 0 Å². The number of rotatable bonds is 3. The predicted molar refractivity (Wildman–Crippen MR) is 74.0 cm³/mol. The molecule has 2 aromatic rings. The van der Waals surface area contributed by atoms with Crippen LogP contribution in [0.4, 0.5) is 5.69 Å². The molecule has 6 heteroatoms. The number of ether oxygens (including phenoxy) is 1. The number of fused-ring (bicyclic) bond motifs is 1. The molecule has 3 heterocycles. The lowest BCUT2D eigenvalue weighted by Gasteiger charge is -2.17. The van der Waals surface area contributed by atoms with Gasteiger partial charge in [-0.3, -0.25) is 4.40 Å². The molecule has 106 valence electrons. The normalized spacial score (nSPS) is 18.7. The van der Waals surface area contributed by atoms with Crippen LogP contribution in [-0.4, -0.2) is 46.3 Å². The number of carbonyl (C=O) groups is 1. The van der Waals surface area contributed by atoms with Crippen molar-refractivity contribution >= 4 is 17.3 Å². The van der Waals surface area contributed by atoms with Crippen LogP contribution in [0, 0.1) is 0 Å². The summed E-state index contributed by atoms with van der Waals surface area (Å²) in [5.41, 5.74) is 2.14. The molecule has 0 aliphatic carbocycles. The number of hydrogen-bond acceptors (Lipinski definition) is 5. The molecule has 1 atom stereocenters.